The van der Waals surface area contributed by atoms with Crippen molar-refractivity contribution in [2.75, 3.05) is 13.1 Å². The number of hydrogen-bond donors (Lipinski definition) is 2. The molecule has 2 N–H and O–H groups in total. The standard InChI is InChI=1S/C25H31N5O/c1-2-3-9-21-26-16-19(27-21)17-30-14-12-25(13-15-30)11-10-20-22(25)28-23(29-24(20)31)18-7-5-4-6-8-18/h4-8,16H,2-3,9-15,17H2,1H3,(H,26,27)(H,28,29,31). The Hall–Kier alpha value is -2.73. The fourth-order valence-electron chi connectivity index (χ4n) is 5.21. The van der Waals surface area contributed by atoms with Crippen molar-refractivity contribution in [2.24, 2.45) is 0 Å². The zero-order chi connectivity index (χ0) is 21.3. The number of piperidine rings is 1. The van der Waals surface area contributed by atoms with Gasteiger partial charge in [0, 0.05) is 41.4 Å². The summed E-state index contributed by atoms with van der Waals surface area (Å²) in [6, 6.07) is 9.97. The molecule has 0 radical (unpaired) electrons. The maximum Gasteiger partial charge on any atom is 0.254 e. The van der Waals surface area contributed by atoms with E-state index in [1.165, 1.54) is 18.5 Å². The summed E-state index contributed by atoms with van der Waals surface area (Å²) in [6.45, 7) is 5.18. The normalized spacial score (nSPS) is 17.8. The van der Waals surface area contributed by atoms with Crippen molar-refractivity contribution in [3.63, 3.8) is 0 Å². The Bertz CT molecular complexity index is 1090. The number of fused-ring (bicyclic) bond motifs is 2. The highest BCUT2D eigenvalue weighted by molar-refractivity contribution is 5.55. The van der Waals surface area contributed by atoms with E-state index in [0.29, 0.717) is 5.82 Å². The number of aryl methyl sites for hydroxylation is 1. The summed E-state index contributed by atoms with van der Waals surface area (Å²) >= 11 is 0. The van der Waals surface area contributed by atoms with Crippen LogP contribution in [0.3, 0.4) is 0 Å². The van der Waals surface area contributed by atoms with Crippen LogP contribution < -0.4 is 5.56 Å². The highest BCUT2D eigenvalue weighted by Crippen LogP contribution is 2.44. The molecule has 0 atom stereocenters. The third-order valence-electron chi connectivity index (χ3n) is 7.07. The molecule has 1 spiro atoms. The summed E-state index contributed by atoms with van der Waals surface area (Å²) in [4.78, 5) is 31.4. The van der Waals surface area contributed by atoms with Crippen LogP contribution in [0.15, 0.2) is 41.3 Å². The SMILES string of the molecule is CCCCc1ncc(CN2CCC3(CCc4c3nc(-c3ccccc3)[nH]c4=O)CC2)[nH]1. The number of likely N-dealkylation sites (tertiary alicyclic amines) is 1. The van der Waals surface area contributed by atoms with Crippen LogP contribution in [-0.2, 0) is 24.8 Å². The molecule has 1 fully saturated rings. The predicted molar refractivity (Wildman–Crippen MR) is 122 cm³/mol. The summed E-state index contributed by atoms with van der Waals surface area (Å²) in [7, 11) is 0. The highest BCUT2D eigenvalue weighted by atomic mass is 16.1. The number of hydrogen-bond acceptors (Lipinski definition) is 4. The summed E-state index contributed by atoms with van der Waals surface area (Å²) in [5.41, 5.74) is 4.22. The van der Waals surface area contributed by atoms with Gasteiger partial charge in [-0.1, -0.05) is 43.7 Å². The quantitative estimate of drug-likeness (QED) is 0.636. The molecule has 31 heavy (non-hydrogen) atoms. The third-order valence-corrected chi connectivity index (χ3v) is 7.07. The maximum atomic E-state index is 12.8. The van der Waals surface area contributed by atoms with E-state index in [1.54, 1.807) is 0 Å². The average molecular weight is 418 g/mol. The Morgan fingerprint density at radius 1 is 1.10 bits per heavy atom. The van der Waals surface area contributed by atoms with E-state index in [9.17, 15) is 4.79 Å². The Morgan fingerprint density at radius 3 is 2.68 bits per heavy atom. The van der Waals surface area contributed by atoms with Gasteiger partial charge in [-0.2, -0.15) is 0 Å². The zero-order valence-corrected chi connectivity index (χ0v) is 18.3. The second-order valence-corrected chi connectivity index (χ2v) is 9.12. The molecule has 0 amide bonds. The van der Waals surface area contributed by atoms with Gasteiger partial charge < -0.3 is 9.97 Å². The van der Waals surface area contributed by atoms with Crippen LogP contribution in [0.4, 0.5) is 0 Å². The molecule has 2 aliphatic rings. The molecule has 3 heterocycles. The van der Waals surface area contributed by atoms with E-state index in [2.05, 4.69) is 26.8 Å². The molecule has 6 nitrogen and oxygen atoms in total. The first-order chi connectivity index (χ1) is 15.2. The lowest BCUT2D eigenvalue weighted by Gasteiger charge is -2.39. The minimum atomic E-state index is 0.0419. The summed E-state index contributed by atoms with van der Waals surface area (Å²) in [5.74, 6) is 1.80. The van der Waals surface area contributed by atoms with Crippen molar-refractivity contribution in [3.8, 4) is 11.4 Å². The number of unbranched alkanes of at least 4 members (excludes halogenated alkanes) is 1. The van der Waals surface area contributed by atoms with E-state index in [1.807, 2.05) is 36.5 Å². The highest BCUT2D eigenvalue weighted by Gasteiger charge is 2.44. The van der Waals surface area contributed by atoms with Gasteiger partial charge in [0.15, 0.2) is 0 Å². The number of nitrogens with zero attached hydrogens (tertiary/aromatic N) is 3. The Balaban J connectivity index is 1.31. The molecule has 5 rings (SSSR count). The molecule has 0 bridgehead atoms. The Kier molecular flexibility index (Phi) is 5.48. The number of H-pyrrole nitrogens is 2. The van der Waals surface area contributed by atoms with Crippen molar-refractivity contribution >= 4 is 0 Å². The number of aromatic amines is 2. The average Bonchev–Trinajstić information content (AvgIpc) is 3.40. The third kappa shape index (κ3) is 3.97. The molecular weight excluding hydrogens is 386 g/mol. The van der Waals surface area contributed by atoms with E-state index < -0.39 is 0 Å². The van der Waals surface area contributed by atoms with Gasteiger partial charge in [0.05, 0.1) is 5.69 Å². The predicted octanol–water partition coefficient (Wildman–Crippen LogP) is 3.98. The van der Waals surface area contributed by atoms with Crippen LogP contribution in [0, 0.1) is 0 Å². The zero-order valence-electron chi connectivity index (χ0n) is 18.3. The van der Waals surface area contributed by atoms with Crippen molar-refractivity contribution < 1.29 is 0 Å². The van der Waals surface area contributed by atoms with Crippen molar-refractivity contribution in [1.29, 1.82) is 0 Å². The van der Waals surface area contributed by atoms with Crippen molar-refractivity contribution in [1.82, 2.24) is 24.8 Å². The fraction of sp³-hybridized carbons (Fsp3) is 0.480. The minimum Gasteiger partial charge on any atom is -0.345 e. The van der Waals surface area contributed by atoms with E-state index in [4.69, 9.17) is 4.98 Å². The van der Waals surface area contributed by atoms with Crippen LogP contribution in [0.25, 0.3) is 11.4 Å². The number of imidazole rings is 1. The van der Waals surface area contributed by atoms with Crippen LogP contribution in [0.1, 0.15) is 61.8 Å². The van der Waals surface area contributed by atoms with Gasteiger partial charge in [-0.15, -0.1) is 0 Å². The fourth-order valence-corrected chi connectivity index (χ4v) is 5.21. The van der Waals surface area contributed by atoms with Crippen LogP contribution in [-0.4, -0.2) is 37.9 Å². The van der Waals surface area contributed by atoms with Crippen LogP contribution >= 0.6 is 0 Å². The molecule has 162 valence electrons. The molecule has 1 aliphatic carbocycles. The second kappa shape index (κ2) is 8.42. The summed E-state index contributed by atoms with van der Waals surface area (Å²) in [5, 5.41) is 0. The Labute approximate surface area is 183 Å². The van der Waals surface area contributed by atoms with Gasteiger partial charge in [0.2, 0.25) is 0 Å². The molecule has 1 saturated heterocycles. The number of aromatic nitrogens is 4. The second-order valence-electron chi connectivity index (χ2n) is 9.12. The number of benzene rings is 1. The van der Waals surface area contributed by atoms with E-state index >= 15 is 0 Å². The van der Waals surface area contributed by atoms with Crippen LogP contribution in [0.5, 0.6) is 0 Å². The largest absolute Gasteiger partial charge is 0.345 e. The molecule has 2 aromatic heterocycles. The summed E-state index contributed by atoms with van der Waals surface area (Å²) in [6.07, 6.45) is 9.38. The van der Waals surface area contributed by atoms with Gasteiger partial charge in [0.25, 0.3) is 5.56 Å². The topological polar surface area (TPSA) is 77.7 Å². The molecular formula is C25H31N5O. The molecule has 6 heteroatoms. The molecule has 0 saturated carbocycles. The van der Waals surface area contributed by atoms with E-state index in [-0.39, 0.29) is 11.0 Å². The first kappa shape index (κ1) is 20.2. The summed E-state index contributed by atoms with van der Waals surface area (Å²) < 4.78 is 0. The van der Waals surface area contributed by atoms with Gasteiger partial charge in [-0.3, -0.25) is 9.69 Å². The Morgan fingerprint density at radius 2 is 1.90 bits per heavy atom. The number of rotatable bonds is 6. The first-order valence-corrected chi connectivity index (χ1v) is 11.6. The van der Waals surface area contributed by atoms with Gasteiger partial charge in [-0.25, -0.2) is 9.97 Å². The number of nitrogens with one attached hydrogen (secondary N) is 2. The molecule has 1 aromatic carbocycles. The minimum absolute atomic E-state index is 0.0419. The monoisotopic (exact) mass is 417 g/mol. The molecule has 1 aliphatic heterocycles. The van der Waals surface area contributed by atoms with Gasteiger partial charge in [0.1, 0.15) is 11.6 Å². The van der Waals surface area contributed by atoms with Gasteiger partial charge >= 0.3 is 0 Å². The van der Waals surface area contributed by atoms with Crippen molar-refractivity contribution in [3.05, 3.63) is 69.7 Å². The lowest BCUT2D eigenvalue weighted by Crippen LogP contribution is -2.42. The lowest BCUT2D eigenvalue weighted by atomic mass is 9.76. The molecule has 3 aromatic rings. The van der Waals surface area contributed by atoms with E-state index in [0.717, 1.165) is 74.4 Å². The first-order valence-electron chi connectivity index (χ1n) is 11.6. The smallest absolute Gasteiger partial charge is 0.254 e. The lowest BCUT2D eigenvalue weighted by molar-refractivity contribution is 0.149. The van der Waals surface area contributed by atoms with Crippen LogP contribution in [0.2, 0.25) is 0 Å². The maximum absolute atomic E-state index is 12.8. The van der Waals surface area contributed by atoms with Crippen molar-refractivity contribution in [2.45, 2.75) is 63.8 Å². The van der Waals surface area contributed by atoms with Gasteiger partial charge in [-0.05, 0) is 45.2 Å². The molecule has 0 unspecified atom stereocenters.